The number of halogens is 1. The van der Waals surface area contributed by atoms with Crippen molar-refractivity contribution in [3.8, 4) is 5.69 Å². The van der Waals surface area contributed by atoms with Crippen LogP contribution in [-0.4, -0.2) is 21.1 Å². The second-order valence-corrected chi connectivity index (χ2v) is 4.77. The van der Waals surface area contributed by atoms with Gasteiger partial charge in [-0.25, -0.2) is 15.2 Å². The van der Waals surface area contributed by atoms with E-state index in [2.05, 4.69) is 16.5 Å². The summed E-state index contributed by atoms with van der Waals surface area (Å²) in [5, 5.41) is 1.88. The zero-order valence-corrected chi connectivity index (χ0v) is 12.4. The fourth-order valence-corrected chi connectivity index (χ4v) is 2.00. The lowest BCUT2D eigenvalue weighted by atomic mass is 10.3. The van der Waals surface area contributed by atoms with Crippen LogP contribution in [0.15, 0.2) is 41.7 Å². The van der Waals surface area contributed by atoms with Crippen molar-refractivity contribution in [2.24, 2.45) is 5.84 Å². The van der Waals surface area contributed by atoms with Crippen LogP contribution in [0.25, 0.3) is 5.69 Å². The van der Waals surface area contributed by atoms with E-state index in [1.165, 1.54) is 9.58 Å². The topological polar surface area (TPSA) is 77.0 Å². The molecular weight excluding hydrogens is 290 g/mol. The van der Waals surface area contributed by atoms with E-state index in [1.54, 1.807) is 30.3 Å². The van der Waals surface area contributed by atoms with Gasteiger partial charge in [-0.15, -0.1) is 6.58 Å². The van der Waals surface area contributed by atoms with Crippen molar-refractivity contribution in [3.63, 3.8) is 0 Å². The number of benzene rings is 1. The zero-order chi connectivity index (χ0) is 15.4. The molecular formula is C14H16ClN5O. The molecule has 0 radical (unpaired) electrons. The second-order valence-electron chi connectivity index (χ2n) is 4.33. The monoisotopic (exact) mass is 305 g/mol. The number of aryl methyl sites for hydroxylation is 1. The molecule has 0 fully saturated rings. The minimum Gasteiger partial charge on any atom is -0.275 e. The molecule has 0 saturated carbocycles. The smallest absolute Gasteiger partial charge is 0.275 e. The first-order valence-electron chi connectivity index (χ1n) is 6.45. The van der Waals surface area contributed by atoms with Crippen molar-refractivity contribution in [1.29, 1.82) is 0 Å². The summed E-state index contributed by atoms with van der Waals surface area (Å²) in [6.07, 6.45) is 2.18. The molecule has 0 saturated heterocycles. The Morgan fingerprint density at radius 3 is 2.62 bits per heavy atom. The van der Waals surface area contributed by atoms with Gasteiger partial charge in [-0.05, 0) is 24.3 Å². The Bertz CT molecular complexity index is 696. The third-order valence-corrected chi connectivity index (χ3v) is 3.11. The molecule has 2 rings (SSSR count). The molecule has 0 spiro atoms. The number of anilines is 1. The molecule has 1 aromatic carbocycles. The number of hydrogen-bond donors (Lipinski definition) is 1. The molecule has 7 heteroatoms. The highest BCUT2D eigenvalue weighted by atomic mass is 35.5. The van der Waals surface area contributed by atoms with Crippen LogP contribution in [0.2, 0.25) is 5.02 Å². The van der Waals surface area contributed by atoms with E-state index in [1.807, 2.05) is 6.92 Å². The lowest BCUT2D eigenvalue weighted by Gasteiger charge is -2.17. The Balaban J connectivity index is 2.54. The van der Waals surface area contributed by atoms with E-state index < -0.39 is 5.69 Å². The van der Waals surface area contributed by atoms with Crippen molar-refractivity contribution in [3.05, 3.63) is 58.3 Å². The van der Waals surface area contributed by atoms with Gasteiger partial charge in [-0.3, -0.25) is 5.01 Å². The molecule has 0 aliphatic rings. The lowest BCUT2D eigenvalue weighted by molar-refractivity contribution is 0.740. The highest BCUT2D eigenvalue weighted by Crippen LogP contribution is 2.14. The average molecular weight is 306 g/mol. The number of hydrogen-bond acceptors (Lipinski definition) is 5. The maximum atomic E-state index is 12.3. The van der Waals surface area contributed by atoms with Gasteiger partial charge in [-0.2, -0.15) is 9.97 Å². The highest BCUT2D eigenvalue weighted by molar-refractivity contribution is 6.30. The van der Waals surface area contributed by atoms with E-state index in [-0.39, 0.29) is 5.95 Å². The fourth-order valence-electron chi connectivity index (χ4n) is 1.87. The molecule has 0 bridgehead atoms. The molecule has 0 aliphatic heterocycles. The van der Waals surface area contributed by atoms with Crippen molar-refractivity contribution < 1.29 is 0 Å². The van der Waals surface area contributed by atoms with Crippen LogP contribution < -0.4 is 16.5 Å². The average Bonchev–Trinajstić information content (AvgIpc) is 2.48. The fraction of sp³-hybridized carbons (Fsp3) is 0.214. The Morgan fingerprint density at radius 1 is 1.38 bits per heavy atom. The summed E-state index contributed by atoms with van der Waals surface area (Å²) < 4.78 is 1.45. The van der Waals surface area contributed by atoms with Crippen LogP contribution >= 0.6 is 11.6 Å². The molecule has 2 aromatic rings. The third kappa shape index (κ3) is 3.29. The van der Waals surface area contributed by atoms with E-state index in [4.69, 9.17) is 17.4 Å². The van der Waals surface area contributed by atoms with Gasteiger partial charge in [0.25, 0.3) is 0 Å². The SMILES string of the molecule is C=CCN(N)c1nc(CC)n(-c2ccc(Cl)cc2)c(=O)n1. The molecule has 2 N–H and O–H groups in total. The molecule has 1 heterocycles. The first kappa shape index (κ1) is 15.2. The van der Waals surface area contributed by atoms with Gasteiger partial charge < -0.3 is 0 Å². The van der Waals surface area contributed by atoms with E-state index in [9.17, 15) is 4.79 Å². The van der Waals surface area contributed by atoms with Crippen molar-refractivity contribution in [2.45, 2.75) is 13.3 Å². The maximum absolute atomic E-state index is 12.3. The summed E-state index contributed by atoms with van der Waals surface area (Å²) in [6, 6.07) is 6.92. The highest BCUT2D eigenvalue weighted by Gasteiger charge is 2.13. The third-order valence-electron chi connectivity index (χ3n) is 2.86. The molecule has 1 aromatic heterocycles. The van der Waals surface area contributed by atoms with Crippen LogP contribution in [0.3, 0.4) is 0 Å². The first-order chi connectivity index (χ1) is 10.1. The van der Waals surface area contributed by atoms with Gasteiger partial charge in [0, 0.05) is 11.4 Å². The summed E-state index contributed by atoms with van der Waals surface area (Å²) in [7, 11) is 0. The molecule has 6 nitrogen and oxygen atoms in total. The van der Waals surface area contributed by atoms with E-state index >= 15 is 0 Å². The predicted octanol–water partition coefficient (Wildman–Crippen LogP) is 1.71. The summed E-state index contributed by atoms with van der Waals surface area (Å²) in [6.45, 7) is 5.86. The van der Waals surface area contributed by atoms with Gasteiger partial charge in [0.1, 0.15) is 5.82 Å². The number of nitrogens with zero attached hydrogens (tertiary/aromatic N) is 4. The number of nitrogens with two attached hydrogens (primary N) is 1. The normalized spacial score (nSPS) is 10.4. The van der Waals surface area contributed by atoms with Gasteiger partial charge in [0.05, 0.1) is 12.2 Å². The van der Waals surface area contributed by atoms with E-state index in [0.29, 0.717) is 29.5 Å². The van der Waals surface area contributed by atoms with Gasteiger partial charge >= 0.3 is 5.69 Å². The van der Waals surface area contributed by atoms with Crippen molar-refractivity contribution >= 4 is 17.5 Å². The molecule has 110 valence electrons. The standard InChI is InChI=1S/C14H16ClN5O/c1-3-9-19(16)13-17-12(4-2)20(14(21)18-13)11-7-5-10(15)6-8-11/h3,5-8H,1,4,9,16H2,2H3. The molecule has 0 atom stereocenters. The molecule has 0 amide bonds. The van der Waals surface area contributed by atoms with Gasteiger partial charge in [0.15, 0.2) is 0 Å². The van der Waals surface area contributed by atoms with Crippen LogP contribution in [-0.2, 0) is 6.42 Å². The Labute approximate surface area is 127 Å². The number of aromatic nitrogens is 3. The Morgan fingerprint density at radius 2 is 2.05 bits per heavy atom. The predicted molar refractivity (Wildman–Crippen MR) is 83.7 cm³/mol. The van der Waals surface area contributed by atoms with Crippen LogP contribution in [0.4, 0.5) is 5.95 Å². The van der Waals surface area contributed by atoms with Crippen molar-refractivity contribution in [2.75, 3.05) is 11.6 Å². The maximum Gasteiger partial charge on any atom is 0.356 e. The Kier molecular flexibility index (Phi) is 4.72. The number of hydrazine groups is 1. The van der Waals surface area contributed by atoms with Crippen LogP contribution in [0.5, 0.6) is 0 Å². The van der Waals surface area contributed by atoms with Crippen LogP contribution in [0.1, 0.15) is 12.7 Å². The number of rotatable bonds is 5. The molecule has 0 unspecified atom stereocenters. The van der Waals surface area contributed by atoms with Crippen molar-refractivity contribution in [1.82, 2.24) is 14.5 Å². The lowest BCUT2D eigenvalue weighted by Crippen LogP contribution is -2.37. The Hall–Kier alpha value is -2.18. The zero-order valence-electron chi connectivity index (χ0n) is 11.7. The second kappa shape index (κ2) is 6.51. The summed E-state index contributed by atoms with van der Waals surface area (Å²) >= 11 is 5.86. The summed E-state index contributed by atoms with van der Waals surface area (Å²) in [4.78, 5) is 20.5. The van der Waals surface area contributed by atoms with E-state index in [0.717, 1.165) is 0 Å². The molecule has 0 aliphatic carbocycles. The largest absolute Gasteiger partial charge is 0.356 e. The van der Waals surface area contributed by atoms with Gasteiger partial charge in [0.2, 0.25) is 5.95 Å². The molecule has 21 heavy (non-hydrogen) atoms. The summed E-state index contributed by atoms with van der Waals surface area (Å²) in [5.74, 6) is 6.54. The summed E-state index contributed by atoms with van der Waals surface area (Å²) in [5.41, 5.74) is 0.235. The minimum absolute atomic E-state index is 0.182. The van der Waals surface area contributed by atoms with Crippen LogP contribution in [0, 0.1) is 0 Å². The quantitative estimate of drug-likeness (QED) is 0.517. The first-order valence-corrected chi connectivity index (χ1v) is 6.83. The minimum atomic E-state index is -0.432. The van der Waals surface area contributed by atoms with Gasteiger partial charge in [-0.1, -0.05) is 24.6 Å².